The van der Waals surface area contributed by atoms with Crippen molar-refractivity contribution in [2.75, 3.05) is 11.6 Å². The standard InChI is InChI=1S/C18H18N2OS/c1-13-11-15-5-3-4-6-17(15)20-18(13)19-12-14-7-9-16(10-8-14)22(2)21/h3-11H,12H2,1-2H3,(H,19,20)/t22-/m1/s1. The fourth-order valence-corrected chi connectivity index (χ4v) is 2.90. The Morgan fingerprint density at radius 1 is 1.09 bits per heavy atom. The molecule has 3 aromatic rings. The van der Waals surface area contributed by atoms with Crippen molar-refractivity contribution in [3.8, 4) is 0 Å². The van der Waals surface area contributed by atoms with Crippen LogP contribution in [-0.2, 0) is 17.3 Å². The van der Waals surface area contributed by atoms with Crippen molar-refractivity contribution in [2.45, 2.75) is 18.4 Å². The molecule has 0 saturated carbocycles. The minimum Gasteiger partial charge on any atom is -0.366 e. The third-order valence-corrected chi connectivity index (χ3v) is 4.57. The minimum absolute atomic E-state index is 0.697. The van der Waals surface area contributed by atoms with Gasteiger partial charge in [0.15, 0.2) is 0 Å². The second-order valence-electron chi connectivity index (χ2n) is 5.30. The monoisotopic (exact) mass is 310 g/mol. The first-order valence-corrected chi connectivity index (χ1v) is 8.72. The van der Waals surface area contributed by atoms with E-state index in [4.69, 9.17) is 0 Å². The lowest BCUT2D eigenvalue weighted by Crippen LogP contribution is -2.03. The van der Waals surface area contributed by atoms with E-state index in [1.54, 1.807) is 6.26 Å². The van der Waals surface area contributed by atoms with Crippen molar-refractivity contribution in [2.24, 2.45) is 0 Å². The van der Waals surface area contributed by atoms with Crippen LogP contribution in [-0.4, -0.2) is 15.4 Å². The predicted octanol–water partition coefficient (Wildman–Crippen LogP) is 3.89. The summed E-state index contributed by atoms with van der Waals surface area (Å²) in [5, 5.41) is 4.54. The van der Waals surface area contributed by atoms with E-state index in [2.05, 4.69) is 29.4 Å². The van der Waals surface area contributed by atoms with Gasteiger partial charge in [-0.15, -0.1) is 0 Å². The van der Waals surface area contributed by atoms with Crippen LogP contribution in [0.1, 0.15) is 11.1 Å². The van der Waals surface area contributed by atoms with Gasteiger partial charge in [-0.2, -0.15) is 0 Å². The molecule has 22 heavy (non-hydrogen) atoms. The SMILES string of the molecule is Cc1cc2ccccc2nc1NCc1ccc([S@@](C)=O)cc1. The van der Waals surface area contributed by atoms with Crippen LogP contribution < -0.4 is 5.32 Å². The van der Waals surface area contributed by atoms with Crippen molar-refractivity contribution >= 4 is 27.5 Å². The number of hydrogen-bond donors (Lipinski definition) is 1. The summed E-state index contributed by atoms with van der Waals surface area (Å²) in [5.74, 6) is 0.904. The average Bonchev–Trinajstić information content (AvgIpc) is 2.53. The Balaban J connectivity index is 1.78. The van der Waals surface area contributed by atoms with Gasteiger partial charge in [0, 0.05) is 33.9 Å². The van der Waals surface area contributed by atoms with E-state index in [9.17, 15) is 4.21 Å². The van der Waals surface area contributed by atoms with Gasteiger partial charge in [-0.1, -0.05) is 30.3 Å². The molecule has 1 heterocycles. The number of benzene rings is 2. The molecule has 0 unspecified atom stereocenters. The third-order valence-electron chi connectivity index (χ3n) is 3.63. The third kappa shape index (κ3) is 3.17. The highest BCUT2D eigenvalue weighted by Gasteiger charge is 2.03. The summed E-state index contributed by atoms with van der Waals surface area (Å²) in [7, 11) is -0.929. The molecule has 0 aliphatic rings. The van der Waals surface area contributed by atoms with Crippen LogP contribution in [0.15, 0.2) is 59.5 Å². The van der Waals surface area contributed by atoms with E-state index in [1.165, 1.54) is 0 Å². The summed E-state index contributed by atoms with van der Waals surface area (Å²) in [5.41, 5.74) is 3.26. The maximum Gasteiger partial charge on any atom is 0.129 e. The van der Waals surface area contributed by atoms with E-state index >= 15 is 0 Å². The second-order valence-corrected chi connectivity index (χ2v) is 6.68. The van der Waals surface area contributed by atoms with E-state index < -0.39 is 10.8 Å². The first-order chi connectivity index (χ1) is 10.6. The molecular formula is C18H18N2OS. The number of aromatic nitrogens is 1. The highest BCUT2D eigenvalue weighted by atomic mass is 32.2. The van der Waals surface area contributed by atoms with E-state index in [-0.39, 0.29) is 0 Å². The summed E-state index contributed by atoms with van der Waals surface area (Å²) in [4.78, 5) is 5.53. The molecule has 4 heteroatoms. The number of rotatable bonds is 4. The highest BCUT2D eigenvalue weighted by molar-refractivity contribution is 7.84. The molecule has 0 saturated heterocycles. The van der Waals surface area contributed by atoms with Gasteiger partial charge in [0.1, 0.15) is 5.82 Å². The lowest BCUT2D eigenvalue weighted by molar-refractivity contribution is 0.687. The van der Waals surface area contributed by atoms with Gasteiger partial charge >= 0.3 is 0 Å². The molecule has 0 amide bonds. The minimum atomic E-state index is -0.929. The normalized spacial score (nSPS) is 12.3. The van der Waals surface area contributed by atoms with Crippen LogP contribution >= 0.6 is 0 Å². The molecule has 0 spiro atoms. The van der Waals surface area contributed by atoms with Gasteiger partial charge in [0.2, 0.25) is 0 Å². The molecule has 0 bridgehead atoms. The molecule has 0 radical (unpaired) electrons. The topological polar surface area (TPSA) is 42.0 Å². The largest absolute Gasteiger partial charge is 0.366 e. The van der Waals surface area contributed by atoms with Crippen molar-refractivity contribution in [1.82, 2.24) is 4.98 Å². The average molecular weight is 310 g/mol. The molecule has 3 rings (SSSR count). The quantitative estimate of drug-likeness (QED) is 0.795. The molecule has 1 aromatic heterocycles. The van der Waals surface area contributed by atoms with Crippen molar-refractivity contribution < 1.29 is 4.21 Å². The maximum absolute atomic E-state index is 11.4. The van der Waals surface area contributed by atoms with Crippen LogP contribution in [0, 0.1) is 6.92 Å². The Kier molecular flexibility index (Phi) is 4.20. The molecule has 1 N–H and O–H groups in total. The number of nitrogens with one attached hydrogen (secondary N) is 1. The van der Waals surface area contributed by atoms with E-state index in [1.807, 2.05) is 42.5 Å². The summed E-state index contributed by atoms with van der Waals surface area (Å²) < 4.78 is 11.4. The van der Waals surface area contributed by atoms with Gasteiger partial charge in [0.05, 0.1) is 5.52 Å². The number of aryl methyl sites for hydroxylation is 1. The number of para-hydroxylation sites is 1. The van der Waals surface area contributed by atoms with Crippen LogP contribution in [0.2, 0.25) is 0 Å². The van der Waals surface area contributed by atoms with Crippen LogP contribution in [0.4, 0.5) is 5.82 Å². The molecule has 0 aliphatic carbocycles. The first kappa shape index (κ1) is 14.7. The number of pyridine rings is 1. The van der Waals surface area contributed by atoms with Crippen LogP contribution in [0.3, 0.4) is 0 Å². The Morgan fingerprint density at radius 2 is 1.82 bits per heavy atom. The van der Waals surface area contributed by atoms with Gasteiger partial charge in [-0.3, -0.25) is 4.21 Å². The summed E-state index contributed by atoms with van der Waals surface area (Å²) >= 11 is 0. The summed E-state index contributed by atoms with van der Waals surface area (Å²) in [6.07, 6.45) is 1.69. The van der Waals surface area contributed by atoms with Gasteiger partial charge in [0.25, 0.3) is 0 Å². The number of anilines is 1. The van der Waals surface area contributed by atoms with Crippen LogP contribution in [0.25, 0.3) is 10.9 Å². The van der Waals surface area contributed by atoms with Crippen molar-refractivity contribution in [3.63, 3.8) is 0 Å². The fraction of sp³-hybridized carbons (Fsp3) is 0.167. The number of hydrogen-bond acceptors (Lipinski definition) is 3. The van der Waals surface area contributed by atoms with Gasteiger partial charge in [-0.25, -0.2) is 4.98 Å². The fourth-order valence-electron chi connectivity index (χ4n) is 2.39. The zero-order chi connectivity index (χ0) is 15.5. The van der Waals surface area contributed by atoms with E-state index in [0.29, 0.717) is 6.54 Å². The Morgan fingerprint density at radius 3 is 2.55 bits per heavy atom. The molecule has 112 valence electrons. The lowest BCUT2D eigenvalue weighted by atomic mass is 10.1. The lowest BCUT2D eigenvalue weighted by Gasteiger charge is -2.10. The summed E-state index contributed by atoms with van der Waals surface area (Å²) in [6.45, 7) is 2.76. The Bertz CT molecular complexity index is 828. The Hall–Kier alpha value is -2.20. The predicted molar refractivity (Wildman–Crippen MR) is 92.6 cm³/mol. The molecule has 1 atom stereocenters. The zero-order valence-electron chi connectivity index (χ0n) is 12.7. The zero-order valence-corrected chi connectivity index (χ0v) is 13.5. The highest BCUT2D eigenvalue weighted by Crippen LogP contribution is 2.20. The number of fused-ring (bicyclic) bond motifs is 1. The molecular weight excluding hydrogens is 292 g/mol. The molecule has 0 aliphatic heterocycles. The smallest absolute Gasteiger partial charge is 0.129 e. The Labute approximate surface area is 132 Å². The number of nitrogens with zero attached hydrogens (tertiary/aromatic N) is 1. The first-order valence-electron chi connectivity index (χ1n) is 7.16. The molecule has 2 aromatic carbocycles. The van der Waals surface area contributed by atoms with Crippen molar-refractivity contribution in [1.29, 1.82) is 0 Å². The molecule has 0 fully saturated rings. The maximum atomic E-state index is 11.4. The summed E-state index contributed by atoms with van der Waals surface area (Å²) in [6, 6.07) is 18.1. The van der Waals surface area contributed by atoms with Gasteiger partial charge in [-0.05, 0) is 42.3 Å². The van der Waals surface area contributed by atoms with Crippen molar-refractivity contribution in [3.05, 3.63) is 65.7 Å². The van der Waals surface area contributed by atoms with Gasteiger partial charge < -0.3 is 5.32 Å². The molecule has 3 nitrogen and oxygen atoms in total. The van der Waals surface area contributed by atoms with E-state index in [0.717, 1.165) is 32.7 Å². The second kappa shape index (κ2) is 6.28. The van der Waals surface area contributed by atoms with Crippen LogP contribution in [0.5, 0.6) is 0 Å².